The molecule has 1 rings (SSSR count). The van der Waals surface area contributed by atoms with Crippen LogP contribution in [0.15, 0.2) is 11.1 Å². The molecule has 0 heterocycles. The minimum absolute atomic E-state index is 0.409. The lowest BCUT2D eigenvalue weighted by molar-refractivity contribution is -0.139. The zero-order valence-electron chi connectivity index (χ0n) is 8.72. The van der Waals surface area contributed by atoms with Gasteiger partial charge in [-0.1, -0.05) is 31.5 Å². The highest BCUT2D eigenvalue weighted by atomic mass is 35.5. The number of halogens is 3. The van der Waals surface area contributed by atoms with Crippen LogP contribution in [0.2, 0.25) is 0 Å². The predicted molar refractivity (Wildman–Crippen MR) is 53.0 cm³/mol. The Bertz CT molecular complexity index is 318. The van der Waals surface area contributed by atoms with Gasteiger partial charge in [-0.15, -0.1) is 0 Å². The summed E-state index contributed by atoms with van der Waals surface area (Å²) in [5, 5.41) is 8.24. The number of aliphatic carboxylic acids is 1. The van der Waals surface area contributed by atoms with E-state index in [0.717, 1.165) is 0 Å². The Kier molecular flexibility index (Phi) is 2.85. The number of hydrogen-bond acceptors (Lipinski definition) is 1. The number of allylic oxidation sites excluding steroid dienone is 2. The maximum absolute atomic E-state index is 12.7. The summed E-state index contributed by atoms with van der Waals surface area (Å²) in [6, 6.07) is 0. The van der Waals surface area contributed by atoms with Gasteiger partial charge in [0.15, 0.2) is 0 Å². The molecule has 1 fully saturated rings. The molecule has 5 heteroatoms. The third kappa shape index (κ3) is 2.30. The van der Waals surface area contributed by atoms with Crippen LogP contribution in [-0.4, -0.2) is 17.0 Å². The molecule has 0 saturated heterocycles. The Morgan fingerprint density at radius 1 is 1.53 bits per heavy atom. The van der Waals surface area contributed by atoms with E-state index < -0.39 is 34.2 Å². The fourth-order valence-electron chi connectivity index (χ4n) is 1.76. The summed E-state index contributed by atoms with van der Waals surface area (Å²) >= 11 is 5.41. The van der Waals surface area contributed by atoms with Crippen molar-refractivity contribution in [1.82, 2.24) is 0 Å². The first kappa shape index (κ1) is 12.4. The predicted octanol–water partition coefficient (Wildman–Crippen LogP) is 3.12. The molecule has 0 amide bonds. The second-order valence-corrected chi connectivity index (χ2v) is 4.97. The lowest BCUT2D eigenvalue weighted by atomic mass is 10.1. The molecular weight excluding hydrogens is 226 g/mol. The minimum atomic E-state index is -3.09. The SMILES string of the molecule is CC(F)(F)/C(Cl)=C/[C@H]1[C@@H](C(=O)O)C1(C)C. The van der Waals surface area contributed by atoms with Crippen LogP contribution in [0.25, 0.3) is 0 Å². The average Bonchev–Trinajstić information content (AvgIpc) is 2.50. The fourth-order valence-corrected chi connectivity index (χ4v) is 1.90. The zero-order chi connectivity index (χ0) is 12.0. The van der Waals surface area contributed by atoms with Crippen molar-refractivity contribution in [3.8, 4) is 0 Å². The molecule has 1 aliphatic rings. The molecule has 0 aliphatic heterocycles. The van der Waals surface area contributed by atoms with Gasteiger partial charge in [-0.05, 0) is 11.3 Å². The molecule has 0 bridgehead atoms. The van der Waals surface area contributed by atoms with Crippen molar-refractivity contribution in [2.45, 2.75) is 26.7 Å². The summed E-state index contributed by atoms with van der Waals surface area (Å²) in [6.45, 7) is 4.15. The highest BCUT2D eigenvalue weighted by Crippen LogP contribution is 2.59. The van der Waals surface area contributed by atoms with Crippen molar-refractivity contribution in [2.75, 3.05) is 0 Å². The van der Waals surface area contributed by atoms with Crippen LogP contribution in [-0.2, 0) is 4.79 Å². The number of hydrogen-bond donors (Lipinski definition) is 1. The fraction of sp³-hybridized carbons (Fsp3) is 0.700. The molecule has 0 radical (unpaired) electrons. The van der Waals surface area contributed by atoms with Gasteiger partial charge in [0.1, 0.15) is 0 Å². The topological polar surface area (TPSA) is 37.3 Å². The standard InChI is InChI=1S/C10H13ClF2O2/c1-9(2)5(7(9)8(14)15)4-6(11)10(3,12)13/h4-5,7H,1-3H3,(H,14,15)/b6-4-/t5-,7-/m0/s1. The van der Waals surface area contributed by atoms with Crippen molar-refractivity contribution in [3.63, 3.8) is 0 Å². The van der Waals surface area contributed by atoms with Crippen molar-refractivity contribution in [1.29, 1.82) is 0 Å². The van der Waals surface area contributed by atoms with Crippen molar-refractivity contribution in [2.24, 2.45) is 17.3 Å². The van der Waals surface area contributed by atoms with Crippen molar-refractivity contribution in [3.05, 3.63) is 11.1 Å². The quantitative estimate of drug-likeness (QED) is 0.820. The van der Waals surface area contributed by atoms with Crippen LogP contribution in [0, 0.1) is 17.3 Å². The number of carbonyl (C=O) groups is 1. The molecule has 15 heavy (non-hydrogen) atoms. The smallest absolute Gasteiger partial charge is 0.307 e. The van der Waals surface area contributed by atoms with Crippen LogP contribution in [0.1, 0.15) is 20.8 Å². The van der Waals surface area contributed by atoms with Gasteiger partial charge in [-0.25, -0.2) is 8.78 Å². The molecule has 2 nitrogen and oxygen atoms in total. The summed E-state index contributed by atoms with van der Waals surface area (Å²) in [6.07, 6.45) is 1.17. The summed E-state index contributed by atoms with van der Waals surface area (Å²) in [4.78, 5) is 10.8. The summed E-state index contributed by atoms with van der Waals surface area (Å²) in [7, 11) is 0. The first-order valence-electron chi connectivity index (χ1n) is 4.57. The van der Waals surface area contributed by atoms with E-state index >= 15 is 0 Å². The van der Waals surface area contributed by atoms with Gasteiger partial charge in [-0.2, -0.15) is 0 Å². The number of carboxylic acid groups (broad SMARTS) is 1. The van der Waals surface area contributed by atoms with Crippen LogP contribution >= 0.6 is 11.6 Å². The van der Waals surface area contributed by atoms with Crippen molar-refractivity contribution < 1.29 is 18.7 Å². The van der Waals surface area contributed by atoms with E-state index in [4.69, 9.17) is 16.7 Å². The molecule has 2 atom stereocenters. The molecule has 0 aromatic rings. The first-order chi connectivity index (χ1) is 6.58. The number of carboxylic acids is 1. The second-order valence-electron chi connectivity index (χ2n) is 4.57. The van der Waals surface area contributed by atoms with Gasteiger partial charge in [-0.3, -0.25) is 4.79 Å². The largest absolute Gasteiger partial charge is 0.481 e. The van der Waals surface area contributed by atoms with E-state index in [1.807, 2.05) is 0 Å². The lowest BCUT2D eigenvalue weighted by Gasteiger charge is -2.08. The van der Waals surface area contributed by atoms with E-state index in [9.17, 15) is 13.6 Å². The second kappa shape index (κ2) is 3.44. The molecule has 1 saturated carbocycles. The molecule has 86 valence electrons. The Morgan fingerprint density at radius 3 is 2.27 bits per heavy atom. The number of rotatable bonds is 3. The molecule has 0 spiro atoms. The molecule has 1 N–H and O–H groups in total. The van der Waals surface area contributed by atoms with Gasteiger partial charge >= 0.3 is 5.97 Å². The molecule has 1 aliphatic carbocycles. The highest BCUT2D eigenvalue weighted by molar-refractivity contribution is 6.30. The molecule has 0 unspecified atom stereocenters. The zero-order valence-corrected chi connectivity index (χ0v) is 9.48. The third-order valence-electron chi connectivity index (χ3n) is 2.92. The van der Waals surface area contributed by atoms with E-state index in [1.165, 1.54) is 6.08 Å². The van der Waals surface area contributed by atoms with Gasteiger partial charge in [0.05, 0.1) is 11.0 Å². The van der Waals surface area contributed by atoms with Crippen LogP contribution in [0.5, 0.6) is 0 Å². The maximum atomic E-state index is 12.7. The lowest BCUT2D eigenvalue weighted by Crippen LogP contribution is -2.10. The first-order valence-corrected chi connectivity index (χ1v) is 4.94. The van der Waals surface area contributed by atoms with E-state index in [0.29, 0.717) is 6.92 Å². The van der Waals surface area contributed by atoms with Crippen LogP contribution in [0.4, 0.5) is 8.78 Å². The Morgan fingerprint density at radius 2 is 2.00 bits per heavy atom. The van der Waals surface area contributed by atoms with Crippen LogP contribution in [0.3, 0.4) is 0 Å². The van der Waals surface area contributed by atoms with Gasteiger partial charge in [0.25, 0.3) is 5.92 Å². The Hall–Kier alpha value is -0.640. The summed E-state index contributed by atoms with van der Waals surface area (Å²) in [5.41, 5.74) is -0.489. The van der Waals surface area contributed by atoms with Gasteiger partial charge in [0, 0.05) is 6.92 Å². The summed E-state index contributed by atoms with van der Waals surface area (Å²) in [5.74, 6) is -5.09. The van der Waals surface area contributed by atoms with Gasteiger partial charge < -0.3 is 5.11 Å². The average molecular weight is 239 g/mol. The third-order valence-corrected chi connectivity index (χ3v) is 3.38. The number of alkyl halides is 2. The van der Waals surface area contributed by atoms with Gasteiger partial charge in [0.2, 0.25) is 0 Å². The monoisotopic (exact) mass is 238 g/mol. The highest BCUT2D eigenvalue weighted by Gasteiger charge is 2.61. The van der Waals surface area contributed by atoms with Crippen molar-refractivity contribution >= 4 is 17.6 Å². The molecular formula is C10H13ClF2O2. The normalized spacial score (nSPS) is 30.1. The minimum Gasteiger partial charge on any atom is -0.481 e. The molecule has 0 aromatic heterocycles. The maximum Gasteiger partial charge on any atom is 0.307 e. The van der Waals surface area contributed by atoms with Crippen LogP contribution < -0.4 is 0 Å². The summed E-state index contributed by atoms with van der Waals surface area (Å²) < 4.78 is 25.5. The molecule has 0 aromatic carbocycles. The Labute approximate surface area is 91.9 Å². The Balaban J connectivity index is 2.83. The van der Waals surface area contributed by atoms with E-state index in [-0.39, 0.29) is 0 Å². The van der Waals surface area contributed by atoms with E-state index in [1.54, 1.807) is 13.8 Å². The van der Waals surface area contributed by atoms with E-state index in [2.05, 4.69) is 0 Å².